The molecule has 0 amide bonds. The molecule has 3 aromatic rings. The number of nitrogens with one attached hydrogen (secondary N) is 1. The Balaban J connectivity index is 1.64. The van der Waals surface area contributed by atoms with Crippen molar-refractivity contribution >= 4 is 5.82 Å². The highest BCUT2D eigenvalue weighted by atomic mass is 16.5. The van der Waals surface area contributed by atoms with Gasteiger partial charge >= 0.3 is 0 Å². The lowest BCUT2D eigenvalue weighted by Crippen LogP contribution is -2.06. The number of rotatable bonds is 5. The van der Waals surface area contributed by atoms with Crippen molar-refractivity contribution in [1.29, 1.82) is 0 Å². The average molecular weight is 308 g/mol. The normalized spacial score (nSPS) is 10.7. The first-order valence-electron chi connectivity index (χ1n) is 7.68. The molecule has 2 heterocycles. The lowest BCUT2D eigenvalue weighted by atomic mass is 10.1. The summed E-state index contributed by atoms with van der Waals surface area (Å²) in [5.41, 5.74) is 4.80. The zero-order valence-corrected chi connectivity index (χ0v) is 13.6. The summed E-state index contributed by atoms with van der Waals surface area (Å²) in [5.74, 6) is 1.95. The lowest BCUT2D eigenvalue weighted by molar-refractivity contribution is 0.425. The summed E-state index contributed by atoms with van der Waals surface area (Å²) in [4.78, 5) is 8.57. The van der Waals surface area contributed by atoms with Gasteiger partial charge < -0.3 is 9.84 Å². The van der Waals surface area contributed by atoms with Gasteiger partial charge in [0, 0.05) is 18.3 Å². The Labute approximate surface area is 135 Å². The third-order valence-electron chi connectivity index (χ3n) is 3.54. The van der Waals surface area contributed by atoms with E-state index in [1.165, 1.54) is 16.7 Å². The molecule has 0 radical (unpaired) electrons. The van der Waals surface area contributed by atoms with Gasteiger partial charge in [0.1, 0.15) is 5.82 Å². The van der Waals surface area contributed by atoms with E-state index in [4.69, 9.17) is 4.52 Å². The van der Waals surface area contributed by atoms with Crippen LogP contribution in [0.25, 0.3) is 11.5 Å². The van der Waals surface area contributed by atoms with Crippen molar-refractivity contribution in [2.45, 2.75) is 27.2 Å². The molecule has 0 bridgehead atoms. The maximum Gasteiger partial charge on any atom is 0.258 e. The number of aryl methyl sites for hydroxylation is 3. The van der Waals surface area contributed by atoms with Crippen molar-refractivity contribution in [3.05, 3.63) is 59.0 Å². The summed E-state index contributed by atoms with van der Waals surface area (Å²) in [6.07, 6.45) is 2.70. The molecule has 0 fully saturated rings. The van der Waals surface area contributed by atoms with Gasteiger partial charge in [0.05, 0.1) is 0 Å². The number of anilines is 1. The molecule has 0 unspecified atom stereocenters. The van der Waals surface area contributed by atoms with Crippen molar-refractivity contribution < 1.29 is 4.52 Å². The first-order valence-corrected chi connectivity index (χ1v) is 7.68. The molecule has 0 saturated heterocycles. The molecule has 0 aliphatic rings. The molecule has 0 aliphatic heterocycles. The van der Waals surface area contributed by atoms with Gasteiger partial charge in [-0.05, 0) is 44.9 Å². The molecule has 1 aromatic carbocycles. The Hall–Kier alpha value is -2.69. The highest BCUT2D eigenvalue weighted by Gasteiger charge is 2.07. The third kappa shape index (κ3) is 3.94. The van der Waals surface area contributed by atoms with Crippen LogP contribution in [0.2, 0.25) is 0 Å². The monoisotopic (exact) mass is 308 g/mol. The molecule has 3 rings (SSSR count). The van der Waals surface area contributed by atoms with Crippen LogP contribution in [0.5, 0.6) is 0 Å². The van der Waals surface area contributed by atoms with Crippen molar-refractivity contribution in [3.63, 3.8) is 0 Å². The van der Waals surface area contributed by atoms with Crippen LogP contribution < -0.4 is 5.32 Å². The quantitative estimate of drug-likeness (QED) is 0.778. The highest BCUT2D eigenvalue weighted by molar-refractivity contribution is 5.57. The predicted octanol–water partition coefficient (Wildman–Crippen LogP) is 3.71. The van der Waals surface area contributed by atoms with Gasteiger partial charge in [-0.1, -0.05) is 34.5 Å². The second kappa shape index (κ2) is 6.60. The summed E-state index contributed by atoms with van der Waals surface area (Å²) in [7, 11) is 0. The largest absolute Gasteiger partial charge is 0.370 e. The molecule has 0 atom stereocenters. The van der Waals surface area contributed by atoms with Crippen LogP contribution in [0.15, 0.2) is 41.1 Å². The zero-order valence-electron chi connectivity index (χ0n) is 13.6. The predicted molar refractivity (Wildman–Crippen MR) is 90.4 cm³/mol. The van der Waals surface area contributed by atoms with Crippen molar-refractivity contribution in [1.82, 2.24) is 15.1 Å². The first-order chi connectivity index (χ1) is 11.1. The molecular formula is C18H20N4O. The summed E-state index contributed by atoms with van der Waals surface area (Å²) in [6, 6.07) is 10.4. The molecule has 0 aliphatic carbocycles. The maximum atomic E-state index is 5.19. The number of pyridine rings is 1. The Morgan fingerprint density at radius 3 is 2.52 bits per heavy atom. The number of benzene rings is 1. The van der Waals surface area contributed by atoms with Gasteiger partial charge in [0.25, 0.3) is 5.89 Å². The zero-order chi connectivity index (χ0) is 16.2. The Kier molecular flexibility index (Phi) is 4.37. The fourth-order valence-electron chi connectivity index (χ4n) is 2.62. The molecule has 2 aromatic heterocycles. The van der Waals surface area contributed by atoms with Gasteiger partial charge in [0.15, 0.2) is 5.82 Å². The van der Waals surface area contributed by atoms with Crippen LogP contribution in [0.3, 0.4) is 0 Å². The Morgan fingerprint density at radius 1 is 1.04 bits per heavy atom. The van der Waals surface area contributed by atoms with E-state index < -0.39 is 0 Å². The fraction of sp³-hybridized carbons (Fsp3) is 0.278. The van der Waals surface area contributed by atoms with Crippen LogP contribution in [0.4, 0.5) is 5.82 Å². The van der Waals surface area contributed by atoms with Gasteiger partial charge in [-0.15, -0.1) is 0 Å². The van der Waals surface area contributed by atoms with E-state index in [0.717, 1.165) is 24.3 Å². The van der Waals surface area contributed by atoms with Gasteiger partial charge in [-0.25, -0.2) is 4.98 Å². The van der Waals surface area contributed by atoms with E-state index >= 15 is 0 Å². The molecule has 5 nitrogen and oxygen atoms in total. The van der Waals surface area contributed by atoms with E-state index in [2.05, 4.69) is 52.5 Å². The van der Waals surface area contributed by atoms with Crippen molar-refractivity contribution in [2.24, 2.45) is 0 Å². The first kappa shape index (κ1) is 15.2. The lowest BCUT2D eigenvalue weighted by Gasteiger charge is -2.08. The minimum atomic E-state index is 0.516. The van der Waals surface area contributed by atoms with E-state index in [9.17, 15) is 0 Å². The van der Waals surface area contributed by atoms with Gasteiger partial charge in [0.2, 0.25) is 0 Å². The second-order valence-corrected chi connectivity index (χ2v) is 5.75. The average Bonchev–Trinajstić information content (AvgIpc) is 2.93. The van der Waals surface area contributed by atoms with Crippen LogP contribution in [-0.2, 0) is 6.42 Å². The van der Waals surface area contributed by atoms with E-state index in [-0.39, 0.29) is 0 Å². The number of aromatic nitrogens is 3. The molecular weight excluding hydrogens is 288 g/mol. The van der Waals surface area contributed by atoms with E-state index in [1.54, 1.807) is 13.1 Å². The third-order valence-corrected chi connectivity index (χ3v) is 3.54. The Morgan fingerprint density at radius 2 is 1.83 bits per heavy atom. The van der Waals surface area contributed by atoms with Crippen molar-refractivity contribution in [3.8, 4) is 11.5 Å². The van der Waals surface area contributed by atoms with Crippen LogP contribution in [0.1, 0.15) is 22.5 Å². The summed E-state index contributed by atoms with van der Waals surface area (Å²) < 4.78 is 5.19. The molecule has 118 valence electrons. The smallest absolute Gasteiger partial charge is 0.258 e. The summed E-state index contributed by atoms with van der Waals surface area (Å²) in [6.45, 7) is 6.88. The van der Waals surface area contributed by atoms with E-state index in [1.807, 2.05) is 12.1 Å². The molecule has 23 heavy (non-hydrogen) atoms. The minimum Gasteiger partial charge on any atom is -0.370 e. The topological polar surface area (TPSA) is 63.8 Å². The van der Waals surface area contributed by atoms with Crippen LogP contribution in [0, 0.1) is 20.8 Å². The fourth-order valence-corrected chi connectivity index (χ4v) is 2.62. The van der Waals surface area contributed by atoms with Crippen molar-refractivity contribution in [2.75, 3.05) is 11.9 Å². The van der Waals surface area contributed by atoms with E-state index in [0.29, 0.717) is 11.7 Å². The SMILES string of the molecule is Cc1cc(C)cc(CCNc2cc(-c3nc(C)no3)ccn2)c1. The van der Waals surface area contributed by atoms with Crippen LogP contribution >= 0.6 is 0 Å². The Bertz CT molecular complexity index is 790. The number of hydrogen-bond acceptors (Lipinski definition) is 5. The van der Waals surface area contributed by atoms with Gasteiger partial charge in [-0.2, -0.15) is 4.98 Å². The molecule has 0 saturated carbocycles. The summed E-state index contributed by atoms with van der Waals surface area (Å²) >= 11 is 0. The van der Waals surface area contributed by atoms with Crippen LogP contribution in [-0.4, -0.2) is 21.7 Å². The summed E-state index contributed by atoms with van der Waals surface area (Å²) in [5, 5.41) is 7.16. The molecule has 5 heteroatoms. The molecule has 1 N–H and O–H groups in total. The number of hydrogen-bond donors (Lipinski definition) is 1. The maximum absolute atomic E-state index is 5.19. The van der Waals surface area contributed by atoms with Gasteiger partial charge in [-0.3, -0.25) is 0 Å². The molecule has 0 spiro atoms. The highest BCUT2D eigenvalue weighted by Crippen LogP contribution is 2.19. The second-order valence-electron chi connectivity index (χ2n) is 5.75. The number of nitrogens with zero attached hydrogens (tertiary/aromatic N) is 3. The standard InChI is InChI=1S/C18H20N4O/c1-12-8-13(2)10-15(9-12)4-6-19-17-11-16(5-7-20-17)18-21-14(3)22-23-18/h5,7-11H,4,6H2,1-3H3,(H,19,20). The minimum absolute atomic E-state index is 0.516.